The van der Waals surface area contributed by atoms with Gasteiger partial charge in [0.2, 0.25) is 0 Å². The number of thiophene rings is 1. The van der Waals surface area contributed by atoms with Crippen LogP contribution in [0.2, 0.25) is 5.02 Å². The van der Waals surface area contributed by atoms with Gasteiger partial charge in [-0.25, -0.2) is 0 Å². The van der Waals surface area contributed by atoms with Crippen LogP contribution in [0.1, 0.15) is 29.8 Å². The molecule has 4 heteroatoms. The summed E-state index contributed by atoms with van der Waals surface area (Å²) >= 11 is 8.13. The van der Waals surface area contributed by atoms with Crippen molar-refractivity contribution >= 4 is 22.9 Å². The standard InChI is InChI=1S/C15H18ClNOS/c1-3-8-17-15(14-5-4-9-19-14)12-7-6-11(18-2)10-13(12)16/h4-7,9-10,15,17H,3,8H2,1-2H3. The zero-order valence-corrected chi connectivity index (χ0v) is 12.7. The van der Waals surface area contributed by atoms with Crippen molar-refractivity contribution in [2.75, 3.05) is 13.7 Å². The van der Waals surface area contributed by atoms with Gasteiger partial charge in [-0.15, -0.1) is 11.3 Å². The minimum Gasteiger partial charge on any atom is -0.497 e. The van der Waals surface area contributed by atoms with Gasteiger partial charge in [0.15, 0.2) is 0 Å². The summed E-state index contributed by atoms with van der Waals surface area (Å²) in [5.41, 5.74) is 1.10. The van der Waals surface area contributed by atoms with E-state index in [1.165, 1.54) is 4.88 Å². The van der Waals surface area contributed by atoms with Crippen LogP contribution in [0.3, 0.4) is 0 Å². The van der Waals surface area contributed by atoms with Crippen LogP contribution in [0.25, 0.3) is 0 Å². The molecule has 0 bridgehead atoms. The number of nitrogens with one attached hydrogen (secondary N) is 1. The molecule has 102 valence electrons. The smallest absolute Gasteiger partial charge is 0.120 e. The van der Waals surface area contributed by atoms with Crippen molar-refractivity contribution in [3.05, 3.63) is 51.2 Å². The maximum Gasteiger partial charge on any atom is 0.120 e. The molecule has 1 aromatic carbocycles. The first kappa shape index (κ1) is 14.4. The lowest BCUT2D eigenvalue weighted by molar-refractivity contribution is 0.414. The first-order valence-corrected chi connectivity index (χ1v) is 7.62. The average Bonchev–Trinajstić information content (AvgIpc) is 2.94. The van der Waals surface area contributed by atoms with E-state index in [4.69, 9.17) is 16.3 Å². The minimum absolute atomic E-state index is 0.151. The number of hydrogen-bond acceptors (Lipinski definition) is 3. The van der Waals surface area contributed by atoms with Gasteiger partial charge in [-0.2, -0.15) is 0 Å². The predicted octanol–water partition coefficient (Wildman–Crippen LogP) is 4.50. The molecule has 19 heavy (non-hydrogen) atoms. The van der Waals surface area contributed by atoms with E-state index in [-0.39, 0.29) is 6.04 Å². The van der Waals surface area contributed by atoms with Crippen LogP contribution >= 0.6 is 22.9 Å². The summed E-state index contributed by atoms with van der Waals surface area (Å²) in [6.07, 6.45) is 1.09. The molecule has 0 fully saturated rings. The topological polar surface area (TPSA) is 21.3 Å². The number of methoxy groups -OCH3 is 1. The zero-order chi connectivity index (χ0) is 13.7. The summed E-state index contributed by atoms with van der Waals surface area (Å²) in [5.74, 6) is 0.786. The van der Waals surface area contributed by atoms with Gasteiger partial charge < -0.3 is 10.1 Å². The Morgan fingerprint density at radius 3 is 2.79 bits per heavy atom. The van der Waals surface area contributed by atoms with Crippen LogP contribution in [0.4, 0.5) is 0 Å². The molecule has 0 saturated carbocycles. The van der Waals surface area contributed by atoms with Crippen LogP contribution in [0, 0.1) is 0 Å². The van der Waals surface area contributed by atoms with Gasteiger partial charge in [0, 0.05) is 9.90 Å². The van der Waals surface area contributed by atoms with Gasteiger partial charge in [-0.1, -0.05) is 30.7 Å². The second kappa shape index (κ2) is 6.94. The number of ether oxygens (including phenoxy) is 1. The van der Waals surface area contributed by atoms with Gasteiger partial charge in [-0.3, -0.25) is 0 Å². The van der Waals surface area contributed by atoms with E-state index in [9.17, 15) is 0 Å². The molecule has 1 atom stereocenters. The highest BCUT2D eigenvalue weighted by molar-refractivity contribution is 7.10. The van der Waals surface area contributed by atoms with E-state index in [2.05, 4.69) is 29.8 Å². The maximum absolute atomic E-state index is 6.38. The molecule has 1 unspecified atom stereocenters. The van der Waals surface area contributed by atoms with E-state index in [1.54, 1.807) is 18.4 Å². The fourth-order valence-electron chi connectivity index (χ4n) is 1.98. The summed E-state index contributed by atoms with van der Waals surface area (Å²) in [6.45, 7) is 3.12. The Kier molecular flexibility index (Phi) is 5.25. The van der Waals surface area contributed by atoms with E-state index in [0.29, 0.717) is 0 Å². The van der Waals surface area contributed by atoms with Crippen molar-refractivity contribution in [2.45, 2.75) is 19.4 Å². The van der Waals surface area contributed by atoms with Crippen molar-refractivity contribution in [1.82, 2.24) is 5.32 Å². The molecule has 0 aliphatic rings. The molecule has 2 nitrogen and oxygen atoms in total. The van der Waals surface area contributed by atoms with Crippen molar-refractivity contribution in [2.24, 2.45) is 0 Å². The third-order valence-corrected chi connectivity index (χ3v) is 4.21. The van der Waals surface area contributed by atoms with E-state index >= 15 is 0 Å². The summed E-state index contributed by atoms with van der Waals surface area (Å²) in [6, 6.07) is 10.2. The van der Waals surface area contributed by atoms with Crippen molar-refractivity contribution < 1.29 is 4.74 Å². The molecule has 0 spiro atoms. The Morgan fingerprint density at radius 1 is 1.37 bits per heavy atom. The molecule has 0 aliphatic heterocycles. The number of benzene rings is 1. The normalized spacial score (nSPS) is 12.4. The van der Waals surface area contributed by atoms with E-state index in [0.717, 1.165) is 29.3 Å². The Morgan fingerprint density at radius 2 is 2.21 bits per heavy atom. The molecule has 1 N–H and O–H groups in total. The first-order chi connectivity index (χ1) is 9.26. The Labute approximate surface area is 123 Å². The lowest BCUT2D eigenvalue weighted by atomic mass is 10.0. The van der Waals surface area contributed by atoms with Crippen LogP contribution in [0.5, 0.6) is 5.75 Å². The second-order valence-electron chi connectivity index (χ2n) is 4.29. The van der Waals surface area contributed by atoms with Gasteiger partial charge in [0.05, 0.1) is 13.2 Å². The summed E-state index contributed by atoms with van der Waals surface area (Å²) in [5, 5.41) is 6.38. The summed E-state index contributed by atoms with van der Waals surface area (Å²) < 4.78 is 5.20. The fraction of sp³-hybridized carbons (Fsp3) is 0.333. The van der Waals surface area contributed by atoms with Crippen LogP contribution in [0.15, 0.2) is 35.7 Å². The molecule has 1 heterocycles. The Hall–Kier alpha value is -1.03. The molecular weight excluding hydrogens is 278 g/mol. The lowest BCUT2D eigenvalue weighted by Crippen LogP contribution is -2.22. The summed E-state index contributed by atoms with van der Waals surface area (Å²) in [4.78, 5) is 1.28. The van der Waals surface area contributed by atoms with Crippen LogP contribution in [-0.2, 0) is 0 Å². The fourth-order valence-corrected chi connectivity index (χ4v) is 3.07. The predicted molar refractivity (Wildman–Crippen MR) is 82.5 cm³/mol. The monoisotopic (exact) mass is 295 g/mol. The second-order valence-corrected chi connectivity index (χ2v) is 5.68. The SMILES string of the molecule is CCCNC(c1cccs1)c1ccc(OC)cc1Cl. The largest absolute Gasteiger partial charge is 0.497 e. The molecule has 0 amide bonds. The highest BCUT2D eigenvalue weighted by Gasteiger charge is 2.17. The third kappa shape index (κ3) is 3.50. The molecule has 2 aromatic rings. The number of hydrogen-bond donors (Lipinski definition) is 1. The molecule has 0 saturated heterocycles. The van der Waals surface area contributed by atoms with Gasteiger partial charge in [-0.05, 0) is 42.1 Å². The van der Waals surface area contributed by atoms with Gasteiger partial charge in [0.1, 0.15) is 5.75 Å². The number of halogens is 1. The van der Waals surface area contributed by atoms with Crippen molar-refractivity contribution in [3.63, 3.8) is 0 Å². The molecular formula is C15H18ClNOS. The highest BCUT2D eigenvalue weighted by Crippen LogP contribution is 2.33. The average molecular weight is 296 g/mol. The number of rotatable bonds is 6. The zero-order valence-electron chi connectivity index (χ0n) is 11.2. The molecule has 0 radical (unpaired) electrons. The highest BCUT2D eigenvalue weighted by atomic mass is 35.5. The Bertz CT molecular complexity index is 513. The molecule has 0 aliphatic carbocycles. The van der Waals surface area contributed by atoms with Crippen molar-refractivity contribution in [1.29, 1.82) is 0 Å². The summed E-state index contributed by atoms with van der Waals surface area (Å²) in [7, 11) is 1.65. The van der Waals surface area contributed by atoms with Crippen molar-refractivity contribution in [3.8, 4) is 5.75 Å². The Balaban J connectivity index is 2.32. The first-order valence-electron chi connectivity index (χ1n) is 6.36. The van der Waals surface area contributed by atoms with Gasteiger partial charge in [0.25, 0.3) is 0 Å². The van der Waals surface area contributed by atoms with Crippen LogP contribution < -0.4 is 10.1 Å². The lowest BCUT2D eigenvalue weighted by Gasteiger charge is -2.19. The third-order valence-electron chi connectivity index (χ3n) is 2.94. The molecule has 1 aromatic heterocycles. The molecule has 2 rings (SSSR count). The minimum atomic E-state index is 0.151. The maximum atomic E-state index is 6.38. The van der Waals surface area contributed by atoms with Crippen LogP contribution in [-0.4, -0.2) is 13.7 Å². The van der Waals surface area contributed by atoms with E-state index < -0.39 is 0 Å². The quantitative estimate of drug-likeness (QED) is 0.847. The van der Waals surface area contributed by atoms with E-state index in [1.807, 2.05) is 18.2 Å². The van der Waals surface area contributed by atoms with Gasteiger partial charge >= 0.3 is 0 Å².